The van der Waals surface area contributed by atoms with Crippen LogP contribution in [-0.2, 0) is 0 Å². The van der Waals surface area contributed by atoms with Crippen LogP contribution in [0.1, 0.15) is 0 Å². The van der Waals surface area contributed by atoms with Crippen molar-refractivity contribution in [2.45, 2.75) is 0 Å². The Balaban J connectivity index is 1.84. The fourth-order valence-corrected chi connectivity index (χ4v) is 6.30. The molecular weight excluding hydrogens is 822 g/mol. The van der Waals surface area contributed by atoms with Gasteiger partial charge in [-0.2, -0.15) is 0 Å². The van der Waals surface area contributed by atoms with Crippen LogP contribution in [0, 0.1) is 0 Å². The zero-order valence-electron chi connectivity index (χ0n) is 20.9. The number of aromatic nitrogens is 1. The van der Waals surface area contributed by atoms with Gasteiger partial charge in [0.25, 0.3) is 0 Å². The normalized spacial score (nSPS) is 11.1. The summed E-state index contributed by atoms with van der Waals surface area (Å²) >= 11 is 18.2. The molecule has 6 heteroatoms. The van der Waals surface area contributed by atoms with Crippen LogP contribution in [-0.4, -0.2) is 4.57 Å². The number of benzene rings is 5. The van der Waals surface area contributed by atoms with Crippen molar-refractivity contribution < 1.29 is 0 Å². The van der Waals surface area contributed by atoms with E-state index in [-0.39, 0.29) is 0 Å². The minimum Gasteiger partial charge on any atom is -0.308 e. The summed E-state index contributed by atoms with van der Waals surface area (Å²) in [7, 11) is 0. The van der Waals surface area contributed by atoms with Gasteiger partial charge in [0, 0.05) is 39.2 Å². The van der Waals surface area contributed by atoms with Gasteiger partial charge < -0.3 is 4.57 Å². The molecule has 0 N–H and O–H groups in total. The number of rotatable bonds is 5. The van der Waals surface area contributed by atoms with E-state index in [0.717, 1.165) is 61.7 Å². The van der Waals surface area contributed by atoms with Crippen molar-refractivity contribution in [3.63, 3.8) is 0 Å². The van der Waals surface area contributed by atoms with E-state index in [0.29, 0.717) is 0 Å². The monoisotopic (exact) mass is 837 g/mol. The third-order valence-electron chi connectivity index (χ3n) is 6.76. The molecule has 0 bridgehead atoms. The van der Waals surface area contributed by atoms with Gasteiger partial charge in [-0.1, -0.05) is 128 Å². The van der Waals surface area contributed by atoms with Crippen molar-refractivity contribution in [3.05, 3.63) is 144 Å². The van der Waals surface area contributed by atoms with Crippen molar-refractivity contribution in [2.24, 2.45) is 0 Å². The molecule has 0 aliphatic heterocycles. The first-order chi connectivity index (χ1) is 19.4. The molecule has 40 heavy (non-hydrogen) atoms. The molecule has 0 unspecified atom stereocenters. The molecule has 1 heterocycles. The summed E-state index contributed by atoms with van der Waals surface area (Å²) in [5.41, 5.74) is 10.3. The Morgan fingerprint density at radius 2 is 0.550 bits per heavy atom. The van der Waals surface area contributed by atoms with E-state index in [1.807, 2.05) is 0 Å². The predicted octanol–water partition coefficient (Wildman–Crippen LogP) is 13.0. The second-order valence-electron chi connectivity index (χ2n) is 9.29. The Kier molecular flexibility index (Phi) is 8.34. The Morgan fingerprint density at radius 3 is 0.850 bits per heavy atom. The van der Waals surface area contributed by atoms with E-state index in [2.05, 4.69) is 206 Å². The first kappa shape index (κ1) is 27.9. The van der Waals surface area contributed by atoms with Crippen LogP contribution in [0.25, 0.3) is 50.5 Å². The number of hydrogen-bond donors (Lipinski definition) is 0. The summed E-state index contributed by atoms with van der Waals surface area (Å²) in [5.74, 6) is 0. The minimum atomic E-state index is 1.04. The van der Waals surface area contributed by atoms with Gasteiger partial charge in [-0.25, -0.2) is 0 Å². The van der Waals surface area contributed by atoms with Gasteiger partial charge in [0.2, 0.25) is 0 Å². The van der Waals surface area contributed by atoms with Crippen LogP contribution in [0.2, 0.25) is 0 Å². The molecule has 0 spiro atoms. The van der Waals surface area contributed by atoms with Crippen molar-refractivity contribution in [3.8, 4) is 50.5 Å². The minimum absolute atomic E-state index is 1.04. The zero-order chi connectivity index (χ0) is 27.8. The Morgan fingerprint density at radius 1 is 0.300 bits per heavy atom. The van der Waals surface area contributed by atoms with Gasteiger partial charge >= 0.3 is 0 Å². The van der Waals surface area contributed by atoms with Gasteiger partial charge in [0.05, 0.1) is 11.4 Å². The SMILES string of the molecule is Brc1ccc(-c2c(-c3ccc(Br)cc3)c(-c3ccc(Br)cc3)n(-c3ccc(Br)cc3)c2-c2ccc(Br)cc2)cc1. The zero-order valence-corrected chi connectivity index (χ0v) is 28.8. The van der Waals surface area contributed by atoms with E-state index in [9.17, 15) is 0 Å². The average molecular weight is 842 g/mol. The van der Waals surface area contributed by atoms with Crippen LogP contribution in [0.15, 0.2) is 144 Å². The highest BCUT2D eigenvalue weighted by atomic mass is 79.9. The second kappa shape index (κ2) is 11.9. The Labute approximate surface area is 275 Å². The topological polar surface area (TPSA) is 4.93 Å². The molecule has 5 aromatic carbocycles. The number of nitrogens with zero attached hydrogens (tertiary/aromatic N) is 1. The maximum Gasteiger partial charge on any atom is 0.0619 e. The first-order valence-corrected chi connectivity index (χ1v) is 16.4. The first-order valence-electron chi connectivity index (χ1n) is 12.5. The standard InChI is InChI=1S/C34H20Br5N/c35-25-9-1-21(2-10-25)31-32(22-3-11-26(36)12-4-22)34(24-7-15-28(38)16-8-24)40(30-19-17-29(39)18-20-30)33(31)23-5-13-27(37)14-6-23/h1-20H. The third-order valence-corrected chi connectivity index (χ3v) is 9.40. The molecule has 0 aliphatic carbocycles. The highest BCUT2D eigenvalue weighted by Crippen LogP contribution is 2.50. The maximum atomic E-state index is 3.64. The maximum absolute atomic E-state index is 3.64. The van der Waals surface area contributed by atoms with E-state index in [4.69, 9.17) is 0 Å². The van der Waals surface area contributed by atoms with E-state index in [1.165, 1.54) is 11.1 Å². The van der Waals surface area contributed by atoms with Crippen molar-refractivity contribution in [1.82, 2.24) is 4.57 Å². The van der Waals surface area contributed by atoms with Crippen molar-refractivity contribution in [2.75, 3.05) is 0 Å². The lowest BCUT2D eigenvalue weighted by Gasteiger charge is -2.16. The molecule has 0 atom stereocenters. The highest BCUT2D eigenvalue weighted by molar-refractivity contribution is 9.11. The van der Waals surface area contributed by atoms with Gasteiger partial charge in [-0.05, 0) is 95.1 Å². The van der Waals surface area contributed by atoms with Crippen molar-refractivity contribution in [1.29, 1.82) is 0 Å². The molecule has 196 valence electrons. The molecule has 1 nitrogen and oxygen atoms in total. The summed E-state index contributed by atoms with van der Waals surface area (Å²) in [5, 5.41) is 0. The summed E-state index contributed by atoms with van der Waals surface area (Å²) < 4.78 is 7.64. The van der Waals surface area contributed by atoms with Crippen LogP contribution in [0.5, 0.6) is 0 Å². The van der Waals surface area contributed by atoms with Crippen LogP contribution >= 0.6 is 79.6 Å². The molecule has 0 fully saturated rings. The molecule has 6 rings (SSSR count). The van der Waals surface area contributed by atoms with Gasteiger partial charge in [0.15, 0.2) is 0 Å². The molecular formula is C34H20Br5N. The third kappa shape index (κ3) is 5.62. The van der Waals surface area contributed by atoms with E-state index in [1.54, 1.807) is 0 Å². The number of halogens is 5. The summed E-state index contributed by atoms with van der Waals surface area (Å²) in [6.07, 6.45) is 0. The summed E-state index contributed by atoms with van der Waals surface area (Å²) in [6, 6.07) is 43.0. The van der Waals surface area contributed by atoms with Gasteiger partial charge in [-0.15, -0.1) is 0 Å². The molecule has 6 aromatic rings. The smallest absolute Gasteiger partial charge is 0.0619 e. The molecule has 0 radical (unpaired) electrons. The fourth-order valence-electron chi connectivity index (χ4n) is 4.98. The fraction of sp³-hybridized carbons (Fsp3) is 0. The second-order valence-corrected chi connectivity index (χ2v) is 13.9. The summed E-state index contributed by atoms with van der Waals surface area (Å²) in [4.78, 5) is 0. The van der Waals surface area contributed by atoms with Crippen LogP contribution in [0.3, 0.4) is 0 Å². The van der Waals surface area contributed by atoms with E-state index < -0.39 is 0 Å². The lowest BCUT2D eigenvalue weighted by atomic mass is 9.91. The Hall–Kier alpha value is -2.22. The molecule has 0 amide bonds. The van der Waals surface area contributed by atoms with Gasteiger partial charge in [0.1, 0.15) is 0 Å². The number of hydrogen-bond acceptors (Lipinski definition) is 0. The summed E-state index contributed by atoms with van der Waals surface area (Å²) in [6.45, 7) is 0. The molecule has 0 saturated carbocycles. The lowest BCUT2D eigenvalue weighted by molar-refractivity contribution is 1.09. The molecule has 0 aliphatic rings. The van der Waals surface area contributed by atoms with Crippen LogP contribution < -0.4 is 0 Å². The average Bonchev–Trinajstić information content (AvgIpc) is 3.31. The van der Waals surface area contributed by atoms with Gasteiger partial charge in [-0.3, -0.25) is 0 Å². The largest absolute Gasteiger partial charge is 0.308 e. The molecule has 0 saturated heterocycles. The Bertz CT molecular complexity index is 1450. The van der Waals surface area contributed by atoms with E-state index >= 15 is 0 Å². The lowest BCUT2D eigenvalue weighted by Crippen LogP contribution is -2.00. The van der Waals surface area contributed by atoms with Crippen molar-refractivity contribution >= 4 is 79.6 Å². The van der Waals surface area contributed by atoms with Crippen LogP contribution in [0.4, 0.5) is 0 Å². The highest BCUT2D eigenvalue weighted by Gasteiger charge is 2.28. The quantitative estimate of drug-likeness (QED) is 0.163. The predicted molar refractivity (Wildman–Crippen MR) is 186 cm³/mol. The molecule has 1 aromatic heterocycles.